The van der Waals surface area contributed by atoms with Crippen LogP contribution in [0, 0.1) is 0 Å². The van der Waals surface area contributed by atoms with E-state index in [4.69, 9.17) is 5.73 Å². The van der Waals surface area contributed by atoms with Crippen molar-refractivity contribution in [2.24, 2.45) is 0 Å². The number of nitrogen functional groups attached to an aromatic ring is 1. The minimum absolute atomic E-state index is 0. The molecule has 5 heteroatoms. The van der Waals surface area contributed by atoms with Crippen molar-refractivity contribution in [3.05, 3.63) is 374 Å². The zero-order chi connectivity index (χ0) is 61.1. The fraction of sp³-hybridized carbons (Fsp3) is 0.0227. The number of benzene rings is 15. The Morgan fingerprint density at radius 1 is 0.280 bits per heavy atom. The van der Waals surface area contributed by atoms with Crippen LogP contribution < -0.4 is 16.0 Å². The summed E-state index contributed by atoms with van der Waals surface area (Å²) in [5.74, 6) is 0. The van der Waals surface area contributed by atoms with Crippen molar-refractivity contribution >= 4 is 99.3 Å². The third-order valence-corrected chi connectivity index (χ3v) is 18.7. The molecule has 0 radical (unpaired) electrons. The van der Waals surface area contributed by atoms with Gasteiger partial charge in [-0.1, -0.05) is 250 Å². The van der Waals surface area contributed by atoms with Gasteiger partial charge in [0.2, 0.25) is 0 Å². The summed E-state index contributed by atoms with van der Waals surface area (Å²) >= 11 is 0. The Labute approximate surface area is 541 Å². The van der Waals surface area contributed by atoms with Crippen LogP contribution in [0.2, 0.25) is 0 Å². The van der Waals surface area contributed by atoms with Gasteiger partial charge in [0.05, 0.1) is 27.5 Å². The summed E-state index contributed by atoms with van der Waals surface area (Å²) in [4.78, 5) is 2.45. The Morgan fingerprint density at radius 3 is 1.27 bits per heavy atom. The number of hydrogen-bond donors (Lipinski definition) is 2. The first-order valence-electron chi connectivity index (χ1n) is 31.5. The Kier molecular flexibility index (Phi) is 14.1. The molecule has 2 aliphatic carbocycles. The fourth-order valence-electron chi connectivity index (χ4n) is 14.9. The minimum Gasteiger partial charge on any atom is -0.399 e. The lowest BCUT2D eigenvalue weighted by molar-refractivity contribution is 0.754. The highest BCUT2D eigenvalue weighted by Gasteiger charge is 2.48. The van der Waals surface area contributed by atoms with E-state index in [9.17, 15) is 0 Å². The normalized spacial score (nSPS) is 13.2. The van der Waals surface area contributed by atoms with Gasteiger partial charge in [0.1, 0.15) is 0 Å². The van der Waals surface area contributed by atoms with Gasteiger partial charge in [-0.2, -0.15) is 0 Å². The molecule has 3 N–H and O–H groups in total. The molecular formula is C88H65N5. The quantitative estimate of drug-likeness (QED) is 0.156. The number of para-hydroxylation sites is 7. The maximum Gasteiger partial charge on any atom is 0.0726 e. The van der Waals surface area contributed by atoms with Crippen LogP contribution >= 0.6 is 0 Å². The van der Waals surface area contributed by atoms with Crippen molar-refractivity contribution in [1.29, 1.82) is 0 Å². The molecule has 93 heavy (non-hydrogen) atoms. The molecule has 17 aromatic rings. The van der Waals surface area contributed by atoms with Gasteiger partial charge in [-0.15, -0.1) is 0 Å². The molecule has 0 fully saturated rings. The number of nitrogens with zero attached hydrogens (tertiary/aromatic N) is 3. The van der Waals surface area contributed by atoms with Gasteiger partial charge in [-0.25, -0.2) is 0 Å². The number of hydrogen-bond acceptors (Lipinski definition) is 3. The second kappa shape index (κ2) is 23.3. The third kappa shape index (κ3) is 9.31. The largest absolute Gasteiger partial charge is 0.399 e. The van der Waals surface area contributed by atoms with Gasteiger partial charge in [0, 0.05) is 67.0 Å². The third-order valence-electron chi connectivity index (χ3n) is 18.7. The van der Waals surface area contributed by atoms with E-state index >= 15 is 0 Å². The van der Waals surface area contributed by atoms with Crippen LogP contribution in [-0.2, 0) is 5.41 Å². The molecule has 2 heterocycles. The number of nitrogens with one attached hydrogen (secondary N) is 1. The molecule has 0 saturated carbocycles. The summed E-state index contributed by atoms with van der Waals surface area (Å²) in [5.41, 5.74) is 28.7. The number of rotatable bonds is 7. The molecule has 442 valence electrons. The summed E-state index contributed by atoms with van der Waals surface area (Å²) < 4.78 is 4.74. The van der Waals surface area contributed by atoms with Crippen LogP contribution in [-0.4, -0.2) is 9.13 Å². The molecule has 2 aromatic heterocycles. The molecule has 0 saturated heterocycles. The second-order valence-electron chi connectivity index (χ2n) is 23.8. The van der Waals surface area contributed by atoms with E-state index in [0.29, 0.717) is 0 Å². The first-order valence-corrected chi connectivity index (χ1v) is 31.5. The van der Waals surface area contributed by atoms with Gasteiger partial charge in [-0.05, 0) is 175 Å². The monoisotopic (exact) mass is 1190 g/mol. The van der Waals surface area contributed by atoms with Crippen LogP contribution in [0.1, 0.15) is 29.7 Å². The molecule has 15 aromatic carbocycles. The summed E-state index contributed by atoms with van der Waals surface area (Å²) in [7, 11) is 0. The summed E-state index contributed by atoms with van der Waals surface area (Å²) in [5, 5.41) is 13.7. The predicted octanol–water partition coefficient (Wildman–Crippen LogP) is 23.3. The van der Waals surface area contributed by atoms with Gasteiger partial charge < -0.3 is 25.1 Å². The standard InChI is InChI=1S/C57H36N2.C24H18N2.C6H7N.CH4/c1-3-19-39(20-4-1)58(42-32-34-46-45-24-8-10-30-53(45)59(54(46)36-42)40-21-5-2-6-22-40)41-31-33-44-48-26-12-16-38-18-14-29-51(56(38)48)57(52(44)35-41)49-27-9-7-23-43(49)47-25-11-15-37-17-13-28-50(57)55(37)47;1-3-9-18(10-4-1)25-19-15-16-22-21-13-7-8-14-23(21)26(24(22)17-19)20-11-5-2-6-12-20;7-6-4-2-1-3-5-6;/h1-36H;1-17,25H;1-5H,7H2;1H4. The summed E-state index contributed by atoms with van der Waals surface area (Å²) in [6.07, 6.45) is 0. The molecular weight excluding hydrogens is 1130 g/mol. The molecule has 5 nitrogen and oxygen atoms in total. The Bertz CT molecular complexity index is 5600. The van der Waals surface area contributed by atoms with Crippen LogP contribution in [0.5, 0.6) is 0 Å². The van der Waals surface area contributed by atoms with Crippen molar-refractivity contribution in [2.45, 2.75) is 12.8 Å². The first kappa shape index (κ1) is 56.1. The summed E-state index contributed by atoms with van der Waals surface area (Å²) in [6, 6.07) is 127. The SMILES string of the molecule is C.Nc1ccccc1.c1ccc(N(c2ccc3c(c2)C2(c4ccccc4-c4cccc5cccc2c45)c2cccc4cccc-3c24)c2ccc3c4ccccc4n(-c4ccccc4)c3c2)cc1.c1ccc(Nc2ccc3c4ccccc4n(-c4ccccc4)c3c2)cc1. The second-order valence-corrected chi connectivity index (χ2v) is 23.8. The lowest BCUT2D eigenvalue weighted by Gasteiger charge is -2.46. The highest BCUT2D eigenvalue weighted by atomic mass is 15.1. The zero-order valence-corrected chi connectivity index (χ0v) is 50.4. The maximum absolute atomic E-state index is 5.36. The average Bonchev–Trinajstić information content (AvgIpc) is 1.36. The lowest BCUT2D eigenvalue weighted by atomic mass is 9.55. The molecule has 1 spiro atoms. The van der Waals surface area contributed by atoms with E-state index < -0.39 is 5.41 Å². The Balaban J connectivity index is 0.000000166. The van der Waals surface area contributed by atoms with Crippen molar-refractivity contribution in [3.8, 4) is 33.6 Å². The van der Waals surface area contributed by atoms with E-state index in [1.54, 1.807) is 0 Å². The molecule has 0 amide bonds. The minimum atomic E-state index is -0.574. The van der Waals surface area contributed by atoms with Crippen molar-refractivity contribution in [1.82, 2.24) is 9.13 Å². The van der Waals surface area contributed by atoms with Crippen molar-refractivity contribution in [3.63, 3.8) is 0 Å². The van der Waals surface area contributed by atoms with Crippen LogP contribution in [0.25, 0.3) is 98.8 Å². The van der Waals surface area contributed by atoms with Crippen LogP contribution in [0.4, 0.5) is 34.1 Å². The van der Waals surface area contributed by atoms with Crippen LogP contribution in [0.15, 0.2) is 352 Å². The summed E-state index contributed by atoms with van der Waals surface area (Å²) in [6.45, 7) is 0. The van der Waals surface area contributed by atoms with Crippen molar-refractivity contribution < 1.29 is 0 Å². The van der Waals surface area contributed by atoms with E-state index in [2.05, 4.69) is 323 Å². The van der Waals surface area contributed by atoms with Crippen LogP contribution in [0.3, 0.4) is 0 Å². The number of fused-ring (bicyclic) bond motifs is 14. The number of anilines is 6. The van der Waals surface area contributed by atoms with Gasteiger partial charge in [0.15, 0.2) is 0 Å². The Hall–Kier alpha value is -12.2. The van der Waals surface area contributed by atoms with Crippen molar-refractivity contribution in [2.75, 3.05) is 16.0 Å². The average molecular weight is 1190 g/mol. The Morgan fingerprint density at radius 2 is 0.699 bits per heavy atom. The first-order chi connectivity index (χ1) is 45.6. The highest BCUT2D eigenvalue weighted by molar-refractivity contribution is 6.13. The van der Waals surface area contributed by atoms with Gasteiger partial charge in [-0.3, -0.25) is 0 Å². The highest BCUT2D eigenvalue weighted by Crippen LogP contribution is 2.62. The van der Waals surface area contributed by atoms with E-state index in [0.717, 1.165) is 39.8 Å². The molecule has 1 unspecified atom stereocenters. The van der Waals surface area contributed by atoms with Gasteiger partial charge >= 0.3 is 0 Å². The predicted molar refractivity (Wildman–Crippen MR) is 395 cm³/mol. The van der Waals surface area contributed by atoms with E-state index in [-0.39, 0.29) is 7.43 Å². The lowest BCUT2D eigenvalue weighted by Crippen LogP contribution is -2.36. The van der Waals surface area contributed by atoms with E-state index in [1.165, 1.54) is 115 Å². The molecule has 2 aliphatic rings. The van der Waals surface area contributed by atoms with Gasteiger partial charge in [0.25, 0.3) is 0 Å². The maximum atomic E-state index is 5.36. The number of nitrogens with two attached hydrogens (primary N) is 1. The smallest absolute Gasteiger partial charge is 0.0726 e. The fourth-order valence-corrected chi connectivity index (χ4v) is 14.9. The van der Waals surface area contributed by atoms with E-state index in [1.807, 2.05) is 48.5 Å². The number of aromatic nitrogens is 2. The topological polar surface area (TPSA) is 51.1 Å². The molecule has 0 bridgehead atoms. The molecule has 19 rings (SSSR count). The molecule has 0 aliphatic heterocycles. The molecule has 1 atom stereocenters. The zero-order valence-electron chi connectivity index (χ0n) is 50.4.